The smallest absolute Gasteiger partial charge is 0.123 e. The van der Waals surface area contributed by atoms with Crippen molar-refractivity contribution >= 4 is 11.0 Å². The average Bonchev–Trinajstić information content (AvgIpc) is 3.05. The van der Waals surface area contributed by atoms with E-state index in [0.29, 0.717) is 11.6 Å². The molecule has 0 bridgehead atoms. The number of nitrogens with zero attached hydrogens (tertiary/aromatic N) is 3. The number of hydrogen-bond donors (Lipinski definition) is 1. The highest BCUT2D eigenvalue weighted by atomic mass is 19.1. The fourth-order valence-corrected chi connectivity index (χ4v) is 3.56. The molecule has 4 rings (SSSR count). The van der Waals surface area contributed by atoms with Gasteiger partial charge in [0.15, 0.2) is 0 Å². The summed E-state index contributed by atoms with van der Waals surface area (Å²) in [5, 5.41) is 19.1. The number of fused-ring (bicyclic) bond motifs is 1. The average molecular weight is 325 g/mol. The number of aliphatic hydroxyl groups excluding tert-OH is 1. The van der Waals surface area contributed by atoms with E-state index in [1.807, 2.05) is 22.9 Å². The first kappa shape index (κ1) is 15.3. The van der Waals surface area contributed by atoms with Crippen molar-refractivity contribution in [2.45, 2.75) is 44.2 Å². The van der Waals surface area contributed by atoms with Crippen molar-refractivity contribution in [2.24, 2.45) is 0 Å². The molecule has 124 valence electrons. The Labute approximate surface area is 139 Å². The lowest BCUT2D eigenvalue weighted by Gasteiger charge is -2.22. The van der Waals surface area contributed by atoms with Gasteiger partial charge >= 0.3 is 0 Å². The van der Waals surface area contributed by atoms with Crippen molar-refractivity contribution in [1.82, 2.24) is 15.0 Å². The van der Waals surface area contributed by atoms with E-state index in [0.717, 1.165) is 29.4 Å². The minimum absolute atomic E-state index is 0.308. The Balaban J connectivity index is 1.65. The standard InChI is InChI=1S/C19H20FN3O/c20-15-9-6-13(7-10-15)19(24)14-8-11-18-17(12-14)21-22-23(18)16-4-2-1-3-5-16/h6-12,16,19,24H,1-5H2. The highest BCUT2D eigenvalue weighted by Gasteiger charge is 2.19. The van der Waals surface area contributed by atoms with Gasteiger partial charge in [0.25, 0.3) is 0 Å². The highest BCUT2D eigenvalue weighted by molar-refractivity contribution is 5.75. The number of hydrogen-bond acceptors (Lipinski definition) is 3. The van der Waals surface area contributed by atoms with Gasteiger partial charge in [-0.3, -0.25) is 0 Å². The van der Waals surface area contributed by atoms with Crippen molar-refractivity contribution in [1.29, 1.82) is 0 Å². The lowest BCUT2D eigenvalue weighted by atomic mass is 9.95. The monoisotopic (exact) mass is 325 g/mol. The molecule has 1 saturated carbocycles. The van der Waals surface area contributed by atoms with Crippen molar-refractivity contribution in [3.8, 4) is 0 Å². The summed E-state index contributed by atoms with van der Waals surface area (Å²) >= 11 is 0. The molecule has 5 heteroatoms. The van der Waals surface area contributed by atoms with Gasteiger partial charge in [-0.15, -0.1) is 5.10 Å². The van der Waals surface area contributed by atoms with Gasteiger partial charge < -0.3 is 5.11 Å². The predicted molar refractivity (Wildman–Crippen MR) is 90.1 cm³/mol. The number of halogens is 1. The second-order valence-electron chi connectivity index (χ2n) is 6.53. The molecular weight excluding hydrogens is 305 g/mol. The first-order chi connectivity index (χ1) is 11.7. The Kier molecular flexibility index (Phi) is 4.02. The quantitative estimate of drug-likeness (QED) is 0.787. The topological polar surface area (TPSA) is 50.9 Å². The summed E-state index contributed by atoms with van der Waals surface area (Å²) in [6, 6.07) is 12.1. The second kappa shape index (κ2) is 6.32. The first-order valence-electron chi connectivity index (χ1n) is 8.51. The van der Waals surface area contributed by atoms with Gasteiger partial charge in [0.05, 0.1) is 11.6 Å². The third-order valence-electron chi connectivity index (χ3n) is 4.92. The molecule has 0 radical (unpaired) electrons. The van der Waals surface area contributed by atoms with Crippen LogP contribution < -0.4 is 0 Å². The van der Waals surface area contributed by atoms with E-state index in [9.17, 15) is 9.50 Å². The van der Waals surface area contributed by atoms with E-state index < -0.39 is 6.10 Å². The van der Waals surface area contributed by atoms with Crippen LogP contribution in [0.1, 0.15) is 55.4 Å². The fourth-order valence-electron chi connectivity index (χ4n) is 3.56. The molecule has 1 atom stereocenters. The van der Waals surface area contributed by atoms with E-state index in [-0.39, 0.29) is 5.82 Å². The maximum Gasteiger partial charge on any atom is 0.123 e. The molecule has 3 aromatic rings. The molecule has 2 aromatic carbocycles. The SMILES string of the molecule is OC(c1ccc(F)cc1)c1ccc2c(c1)nnn2C1CCCCC1. The fraction of sp³-hybridized carbons (Fsp3) is 0.368. The normalized spacial score (nSPS) is 17.2. The molecule has 0 aliphatic heterocycles. The Morgan fingerprint density at radius 3 is 2.46 bits per heavy atom. The summed E-state index contributed by atoms with van der Waals surface area (Å²) < 4.78 is 15.1. The van der Waals surface area contributed by atoms with Crippen LogP contribution in [0.3, 0.4) is 0 Å². The van der Waals surface area contributed by atoms with Crippen molar-refractivity contribution in [3.63, 3.8) is 0 Å². The number of rotatable bonds is 3. The zero-order valence-corrected chi connectivity index (χ0v) is 13.4. The maximum absolute atomic E-state index is 13.0. The zero-order chi connectivity index (χ0) is 16.5. The van der Waals surface area contributed by atoms with Gasteiger partial charge in [0.1, 0.15) is 17.4 Å². The Morgan fingerprint density at radius 2 is 1.71 bits per heavy atom. The molecule has 1 N–H and O–H groups in total. The van der Waals surface area contributed by atoms with Gasteiger partial charge in [-0.1, -0.05) is 42.7 Å². The predicted octanol–water partition coefficient (Wildman–Crippen LogP) is 4.16. The molecular formula is C19H20FN3O. The third-order valence-corrected chi connectivity index (χ3v) is 4.92. The van der Waals surface area contributed by atoms with E-state index >= 15 is 0 Å². The lowest BCUT2D eigenvalue weighted by molar-refractivity contribution is 0.220. The van der Waals surface area contributed by atoms with Crippen LogP contribution in [-0.2, 0) is 0 Å². The molecule has 1 fully saturated rings. The first-order valence-corrected chi connectivity index (χ1v) is 8.51. The van der Waals surface area contributed by atoms with E-state index in [1.165, 1.54) is 31.4 Å². The summed E-state index contributed by atoms with van der Waals surface area (Å²) in [6.45, 7) is 0. The van der Waals surface area contributed by atoms with Crippen LogP contribution in [0.15, 0.2) is 42.5 Å². The minimum Gasteiger partial charge on any atom is -0.384 e. The summed E-state index contributed by atoms with van der Waals surface area (Å²) in [4.78, 5) is 0. The molecule has 1 aliphatic rings. The van der Waals surface area contributed by atoms with Gasteiger partial charge in [-0.05, 0) is 48.2 Å². The zero-order valence-electron chi connectivity index (χ0n) is 13.4. The second-order valence-corrected chi connectivity index (χ2v) is 6.53. The molecule has 1 aromatic heterocycles. The van der Waals surface area contributed by atoms with Crippen LogP contribution >= 0.6 is 0 Å². The van der Waals surface area contributed by atoms with Gasteiger partial charge in [0, 0.05) is 0 Å². The Hall–Kier alpha value is -2.27. The lowest BCUT2D eigenvalue weighted by Crippen LogP contribution is -2.14. The van der Waals surface area contributed by atoms with Gasteiger partial charge in [0.2, 0.25) is 0 Å². The Bertz CT molecular complexity index is 837. The van der Waals surface area contributed by atoms with Crippen molar-refractivity contribution in [3.05, 3.63) is 59.4 Å². The number of aromatic nitrogens is 3. The summed E-state index contributed by atoms with van der Waals surface area (Å²) in [7, 11) is 0. The molecule has 0 saturated heterocycles. The van der Waals surface area contributed by atoms with Crippen molar-refractivity contribution < 1.29 is 9.50 Å². The molecule has 1 heterocycles. The van der Waals surface area contributed by atoms with Crippen molar-refractivity contribution in [2.75, 3.05) is 0 Å². The van der Waals surface area contributed by atoms with E-state index in [4.69, 9.17) is 0 Å². The molecule has 1 aliphatic carbocycles. The molecule has 4 nitrogen and oxygen atoms in total. The van der Waals surface area contributed by atoms with Crippen LogP contribution in [0, 0.1) is 5.82 Å². The van der Waals surface area contributed by atoms with Crippen LogP contribution in [0.25, 0.3) is 11.0 Å². The summed E-state index contributed by atoms with van der Waals surface area (Å²) in [5.74, 6) is -0.308. The number of benzene rings is 2. The number of aliphatic hydroxyl groups is 1. The van der Waals surface area contributed by atoms with Crippen LogP contribution in [-0.4, -0.2) is 20.1 Å². The molecule has 1 unspecified atom stereocenters. The van der Waals surface area contributed by atoms with Crippen LogP contribution in [0.2, 0.25) is 0 Å². The Morgan fingerprint density at radius 1 is 1.00 bits per heavy atom. The van der Waals surface area contributed by atoms with Crippen LogP contribution in [0.5, 0.6) is 0 Å². The molecule has 0 amide bonds. The highest BCUT2D eigenvalue weighted by Crippen LogP contribution is 2.31. The summed E-state index contributed by atoms with van der Waals surface area (Å²) in [6.07, 6.45) is 5.30. The van der Waals surface area contributed by atoms with E-state index in [1.54, 1.807) is 12.1 Å². The molecule has 0 spiro atoms. The van der Waals surface area contributed by atoms with Gasteiger partial charge in [-0.2, -0.15) is 0 Å². The molecule has 24 heavy (non-hydrogen) atoms. The minimum atomic E-state index is -0.796. The van der Waals surface area contributed by atoms with Gasteiger partial charge in [-0.25, -0.2) is 9.07 Å². The third kappa shape index (κ3) is 2.80. The summed E-state index contributed by atoms with van der Waals surface area (Å²) in [5.41, 5.74) is 3.21. The maximum atomic E-state index is 13.0. The van der Waals surface area contributed by atoms with E-state index in [2.05, 4.69) is 10.3 Å². The largest absolute Gasteiger partial charge is 0.384 e. The van der Waals surface area contributed by atoms with Crippen LogP contribution in [0.4, 0.5) is 4.39 Å².